The quantitative estimate of drug-likeness (QED) is 0.584. The fourth-order valence-corrected chi connectivity index (χ4v) is 3.05. The number of nitrogens with one attached hydrogen (secondary N) is 1. The van der Waals surface area contributed by atoms with Crippen molar-refractivity contribution in [2.24, 2.45) is 5.92 Å². The zero-order valence-electron chi connectivity index (χ0n) is 12.3. The highest BCUT2D eigenvalue weighted by molar-refractivity contribution is 5.99. The fraction of sp³-hybridized carbons (Fsp3) is 0.562. The Morgan fingerprint density at radius 1 is 1.55 bits per heavy atom. The standard InChI is InChI=1S/C16H24N2O2/c1-11-4-3-7-16(20,9-11)10-18-13-5-6-14(12(2)19)15(17)8-13/h5-6,8,11,18,20H,3-4,7,9-10,17H2,1-2H3. The van der Waals surface area contributed by atoms with Gasteiger partial charge in [0.15, 0.2) is 5.78 Å². The van der Waals surface area contributed by atoms with E-state index in [0.717, 1.165) is 24.9 Å². The van der Waals surface area contributed by atoms with Crippen LogP contribution in [0.2, 0.25) is 0 Å². The van der Waals surface area contributed by atoms with Crippen molar-refractivity contribution in [3.63, 3.8) is 0 Å². The number of nitrogens with two attached hydrogens (primary N) is 1. The molecule has 1 aromatic carbocycles. The molecular weight excluding hydrogens is 252 g/mol. The van der Waals surface area contributed by atoms with Crippen LogP contribution in [-0.4, -0.2) is 23.0 Å². The largest absolute Gasteiger partial charge is 0.398 e. The third kappa shape index (κ3) is 3.51. The predicted molar refractivity (Wildman–Crippen MR) is 81.9 cm³/mol. The molecule has 2 rings (SSSR count). The van der Waals surface area contributed by atoms with Crippen LogP contribution >= 0.6 is 0 Å². The second-order valence-corrected chi connectivity index (χ2v) is 6.14. The molecule has 2 unspecified atom stereocenters. The van der Waals surface area contributed by atoms with Crippen molar-refractivity contribution in [3.05, 3.63) is 23.8 Å². The summed E-state index contributed by atoms with van der Waals surface area (Å²) in [6.07, 6.45) is 3.94. The molecule has 0 aromatic heterocycles. The predicted octanol–water partition coefficient (Wildman–Crippen LogP) is 2.82. The van der Waals surface area contributed by atoms with Gasteiger partial charge in [0.1, 0.15) is 0 Å². The molecule has 20 heavy (non-hydrogen) atoms. The molecule has 1 saturated carbocycles. The van der Waals surface area contributed by atoms with Crippen molar-refractivity contribution in [3.8, 4) is 0 Å². The number of ketones is 1. The van der Waals surface area contributed by atoms with E-state index in [1.807, 2.05) is 6.07 Å². The minimum Gasteiger partial charge on any atom is -0.398 e. The van der Waals surface area contributed by atoms with Crippen LogP contribution in [0, 0.1) is 5.92 Å². The highest BCUT2D eigenvalue weighted by Gasteiger charge is 2.32. The Labute approximate surface area is 120 Å². The van der Waals surface area contributed by atoms with Gasteiger partial charge >= 0.3 is 0 Å². The van der Waals surface area contributed by atoms with Gasteiger partial charge in [-0.1, -0.05) is 19.8 Å². The summed E-state index contributed by atoms with van der Waals surface area (Å²) >= 11 is 0. The van der Waals surface area contributed by atoms with E-state index in [4.69, 9.17) is 5.73 Å². The molecule has 0 spiro atoms. The number of nitrogen functional groups attached to an aromatic ring is 1. The average molecular weight is 276 g/mol. The minimum atomic E-state index is -0.633. The van der Waals surface area contributed by atoms with Gasteiger partial charge in [0.2, 0.25) is 0 Å². The van der Waals surface area contributed by atoms with Crippen molar-refractivity contribution in [1.29, 1.82) is 0 Å². The first kappa shape index (κ1) is 14.9. The first-order valence-corrected chi connectivity index (χ1v) is 7.26. The molecule has 0 heterocycles. The Balaban J connectivity index is 2.00. The van der Waals surface area contributed by atoms with Crippen molar-refractivity contribution >= 4 is 17.2 Å². The molecule has 1 aliphatic rings. The summed E-state index contributed by atoms with van der Waals surface area (Å²) in [6.45, 7) is 4.21. The van der Waals surface area contributed by atoms with Crippen LogP contribution in [0.1, 0.15) is 49.9 Å². The van der Waals surface area contributed by atoms with Gasteiger partial charge in [0.25, 0.3) is 0 Å². The lowest BCUT2D eigenvalue weighted by molar-refractivity contribution is -0.000766. The molecule has 2 atom stereocenters. The summed E-state index contributed by atoms with van der Waals surface area (Å²) in [7, 11) is 0. The van der Waals surface area contributed by atoms with Gasteiger partial charge in [-0.25, -0.2) is 0 Å². The van der Waals surface area contributed by atoms with E-state index in [9.17, 15) is 9.90 Å². The van der Waals surface area contributed by atoms with Gasteiger partial charge in [0, 0.05) is 23.5 Å². The molecule has 0 amide bonds. The van der Waals surface area contributed by atoms with Crippen molar-refractivity contribution in [1.82, 2.24) is 0 Å². The molecule has 1 aliphatic carbocycles. The smallest absolute Gasteiger partial charge is 0.161 e. The minimum absolute atomic E-state index is 0.0335. The van der Waals surface area contributed by atoms with E-state index in [0.29, 0.717) is 23.7 Å². The molecule has 4 nitrogen and oxygen atoms in total. The Morgan fingerprint density at radius 3 is 2.90 bits per heavy atom. The maximum absolute atomic E-state index is 11.3. The Bertz CT molecular complexity index is 501. The molecule has 1 fully saturated rings. The second-order valence-electron chi connectivity index (χ2n) is 6.14. The average Bonchev–Trinajstić information content (AvgIpc) is 2.36. The number of aliphatic hydroxyl groups is 1. The van der Waals surface area contributed by atoms with E-state index in [1.54, 1.807) is 12.1 Å². The molecule has 4 N–H and O–H groups in total. The summed E-state index contributed by atoms with van der Waals surface area (Å²) in [5.74, 6) is 0.537. The molecule has 0 aliphatic heterocycles. The van der Waals surface area contributed by atoms with Gasteiger partial charge < -0.3 is 16.2 Å². The zero-order valence-corrected chi connectivity index (χ0v) is 12.3. The summed E-state index contributed by atoms with van der Waals surface area (Å²) in [6, 6.07) is 5.32. The first-order chi connectivity index (χ1) is 9.39. The molecule has 110 valence electrons. The van der Waals surface area contributed by atoms with Gasteiger partial charge in [-0.2, -0.15) is 0 Å². The molecule has 4 heteroatoms. The third-order valence-electron chi connectivity index (χ3n) is 4.12. The summed E-state index contributed by atoms with van der Waals surface area (Å²) in [4.78, 5) is 11.3. The molecule has 1 aromatic rings. The lowest BCUT2D eigenvalue weighted by Crippen LogP contribution is -2.41. The Morgan fingerprint density at radius 2 is 2.30 bits per heavy atom. The van der Waals surface area contributed by atoms with Crippen LogP contribution in [0.3, 0.4) is 0 Å². The van der Waals surface area contributed by atoms with E-state index >= 15 is 0 Å². The van der Waals surface area contributed by atoms with Gasteiger partial charge in [-0.05, 0) is 43.9 Å². The van der Waals surface area contributed by atoms with E-state index in [2.05, 4.69) is 12.2 Å². The van der Waals surface area contributed by atoms with Crippen LogP contribution in [0.25, 0.3) is 0 Å². The first-order valence-electron chi connectivity index (χ1n) is 7.26. The number of benzene rings is 1. The van der Waals surface area contributed by atoms with E-state index in [-0.39, 0.29) is 5.78 Å². The zero-order chi connectivity index (χ0) is 14.8. The molecule has 0 radical (unpaired) electrons. The number of Topliss-reactive ketones (excluding diaryl/α,β-unsaturated/α-hetero) is 1. The third-order valence-corrected chi connectivity index (χ3v) is 4.12. The normalized spacial score (nSPS) is 26.2. The van der Waals surface area contributed by atoms with Crippen LogP contribution in [0.15, 0.2) is 18.2 Å². The van der Waals surface area contributed by atoms with E-state index in [1.165, 1.54) is 13.3 Å². The van der Waals surface area contributed by atoms with Crippen molar-refractivity contribution < 1.29 is 9.90 Å². The highest BCUT2D eigenvalue weighted by atomic mass is 16.3. The van der Waals surface area contributed by atoms with Crippen LogP contribution in [0.5, 0.6) is 0 Å². The number of anilines is 2. The SMILES string of the molecule is CC(=O)c1ccc(NCC2(O)CCCC(C)C2)cc1N. The topological polar surface area (TPSA) is 75.3 Å². The van der Waals surface area contributed by atoms with Crippen molar-refractivity contribution in [2.75, 3.05) is 17.6 Å². The lowest BCUT2D eigenvalue weighted by atomic mass is 9.79. The Kier molecular flexibility index (Phi) is 4.33. The van der Waals surface area contributed by atoms with Crippen LogP contribution in [-0.2, 0) is 0 Å². The number of rotatable bonds is 4. The summed E-state index contributed by atoms with van der Waals surface area (Å²) in [5, 5.41) is 13.8. The van der Waals surface area contributed by atoms with E-state index < -0.39 is 5.60 Å². The highest BCUT2D eigenvalue weighted by Crippen LogP contribution is 2.32. The monoisotopic (exact) mass is 276 g/mol. The van der Waals surface area contributed by atoms with Gasteiger partial charge in [-0.15, -0.1) is 0 Å². The van der Waals surface area contributed by atoms with Crippen LogP contribution < -0.4 is 11.1 Å². The van der Waals surface area contributed by atoms with Gasteiger partial charge in [-0.3, -0.25) is 4.79 Å². The number of carbonyl (C=O) groups is 1. The second kappa shape index (κ2) is 5.83. The Hall–Kier alpha value is -1.55. The number of hydrogen-bond donors (Lipinski definition) is 3. The summed E-state index contributed by atoms with van der Waals surface area (Å²) in [5.41, 5.74) is 7.10. The molecule has 0 saturated heterocycles. The fourth-order valence-electron chi connectivity index (χ4n) is 3.05. The molecular formula is C16H24N2O2. The van der Waals surface area contributed by atoms with Crippen molar-refractivity contribution in [2.45, 2.75) is 45.1 Å². The van der Waals surface area contributed by atoms with Gasteiger partial charge in [0.05, 0.1) is 5.60 Å². The number of hydrogen-bond acceptors (Lipinski definition) is 4. The number of carbonyl (C=O) groups excluding carboxylic acids is 1. The maximum Gasteiger partial charge on any atom is 0.161 e. The maximum atomic E-state index is 11.3. The summed E-state index contributed by atoms with van der Waals surface area (Å²) < 4.78 is 0. The van der Waals surface area contributed by atoms with Crippen LogP contribution in [0.4, 0.5) is 11.4 Å². The lowest BCUT2D eigenvalue weighted by Gasteiger charge is -2.35. The molecule has 0 bridgehead atoms.